The van der Waals surface area contributed by atoms with Crippen LogP contribution < -0.4 is 21.1 Å². The van der Waals surface area contributed by atoms with Gasteiger partial charge in [-0.15, -0.1) is 0 Å². The molecule has 3 rings (SSSR count). The van der Waals surface area contributed by atoms with Crippen LogP contribution in [0, 0.1) is 11.8 Å². The van der Waals surface area contributed by atoms with Gasteiger partial charge in [0, 0.05) is 25.7 Å². The number of hydrogen-bond donors (Lipinski definition) is 4. The summed E-state index contributed by atoms with van der Waals surface area (Å²) in [6, 6.07) is 9.27. The third kappa shape index (κ3) is 4.02. The summed E-state index contributed by atoms with van der Waals surface area (Å²) in [5, 5.41) is 9.13. The average Bonchev–Trinajstić information content (AvgIpc) is 3.22. The molecule has 1 unspecified atom stereocenters. The maximum absolute atomic E-state index is 12.4. The van der Waals surface area contributed by atoms with Gasteiger partial charge in [-0.3, -0.25) is 9.59 Å². The van der Waals surface area contributed by atoms with Gasteiger partial charge in [0.1, 0.15) is 5.75 Å². The fourth-order valence-electron chi connectivity index (χ4n) is 3.36. The van der Waals surface area contributed by atoms with Gasteiger partial charge in [-0.1, -0.05) is 18.2 Å². The number of aliphatic carboxylic acids is 1. The minimum absolute atomic E-state index is 0.0366. The Morgan fingerprint density at radius 3 is 2.71 bits per heavy atom. The van der Waals surface area contributed by atoms with E-state index in [1.807, 2.05) is 18.2 Å². The molecule has 0 bridgehead atoms. The highest BCUT2D eigenvalue weighted by Crippen LogP contribution is 2.29. The summed E-state index contributed by atoms with van der Waals surface area (Å²) in [7, 11) is 0. The second kappa shape index (κ2) is 7.61. The Labute approximate surface area is 140 Å². The van der Waals surface area contributed by atoms with Gasteiger partial charge in [0.15, 0.2) is 6.61 Å². The molecular weight excluding hydrogens is 312 g/mol. The molecule has 8 heteroatoms. The van der Waals surface area contributed by atoms with E-state index in [2.05, 4.69) is 16.4 Å². The van der Waals surface area contributed by atoms with Gasteiger partial charge in [0.05, 0.1) is 6.42 Å². The third-order valence-electron chi connectivity index (χ3n) is 4.57. The molecule has 0 aromatic heterocycles. The van der Waals surface area contributed by atoms with E-state index in [-0.39, 0.29) is 36.8 Å². The monoisotopic (exact) mass is 334 g/mol. The summed E-state index contributed by atoms with van der Waals surface area (Å²) in [6.07, 6.45) is 0.0617. The van der Waals surface area contributed by atoms with Crippen molar-refractivity contribution >= 4 is 11.9 Å². The second-order valence-corrected chi connectivity index (χ2v) is 6.18. The van der Waals surface area contributed by atoms with Crippen LogP contribution >= 0.6 is 0 Å². The minimum atomic E-state index is -0.834. The molecule has 8 nitrogen and oxygen atoms in total. The van der Waals surface area contributed by atoms with Crippen LogP contribution in [0.3, 0.4) is 0 Å². The van der Waals surface area contributed by atoms with E-state index in [4.69, 9.17) is 9.84 Å². The van der Waals surface area contributed by atoms with E-state index >= 15 is 0 Å². The Balaban J connectivity index is 1.58. The highest BCUT2D eigenvalue weighted by molar-refractivity contribution is 5.78. The van der Waals surface area contributed by atoms with Crippen LogP contribution in [0.15, 0.2) is 30.3 Å². The van der Waals surface area contributed by atoms with Crippen molar-refractivity contribution in [1.82, 2.24) is 21.3 Å². The number of hydrazine groups is 2. The summed E-state index contributed by atoms with van der Waals surface area (Å²) in [5.41, 5.74) is 8.91. The van der Waals surface area contributed by atoms with Gasteiger partial charge >= 0.3 is 5.97 Å². The largest absolute Gasteiger partial charge is 0.484 e. The van der Waals surface area contributed by atoms with E-state index in [9.17, 15) is 9.59 Å². The number of carbonyl (C=O) groups excluding carboxylic acids is 1. The van der Waals surface area contributed by atoms with E-state index in [0.29, 0.717) is 25.4 Å². The minimum Gasteiger partial charge on any atom is -0.484 e. The van der Waals surface area contributed by atoms with Gasteiger partial charge in [-0.05, 0) is 24.0 Å². The van der Waals surface area contributed by atoms with Crippen LogP contribution in [0.25, 0.3) is 0 Å². The summed E-state index contributed by atoms with van der Waals surface area (Å²) in [5.74, 6) is -0.282. The number of amides is 1. The summed E-state index contributed by atoms with van der Waals surface area (Å²) in [6.45, 7) is 1.65. The number of benzene rings is 1. The van der Waals surface area contributed by atoms with E-state index in [1.54, 1.807) is 17.0 Å². The van der Waals surface area contributed by atoms with Crippen molar-refractivity contribution in [2.45, 2.75) is 12.5 Å². The van der Waals surface area contributed by atoms with Crippen LogP contribution in [0.5, 0.6) is 5.75 Å². The molecule has 0 radical (unpaired) electrons. The molecule has 130 valence electrons. The SMILES string of the molecule is O=C(O)C[C@@H]1CN(C(=O)COc2ccccc2)C[C@@H]1C1CNNN1. The molecule has 1 aromatic rings. The van der Waals surface area contributed by atoms with Gasteiger partial charge in [-0.25, -0.2) is 10.9 Å². The molecule has 3 atom stereocenters. The van der Waals surface area contributed by atoms with Crippen molar-refractivity contribution in [3.8, 4) is 5.75 Å². The molecule has 24 heavy (non-hydrogen) atoms. The number of rotatable bonds is 6. The molecule has 2 aliphatic rings. The van der Waals surface area contributed by atoms with Crippen LogP contribution in [-0.2, 0) is 9.59 Å². The van der Waals surface area contributed by atoms with Gasteiger partial charge in [0.25, 0.3) is 5.91 Å². The lowest BCUT2D eigenvalue weighted by atomic mass is 9.87. The second-order valence-electron chi connectivity index (χ2n) is 6.18. The summed E-state index contributed by atoms with van der Waals surface area (Å²) in [4.78, 5) is 25.2. The van der Waals surface area contributed by atoms with Crippen molar-refractivity contribution in [3.05, 3.63) is 30.3 Å². The number of ether oxygens (including phenoxy) is 1. The number of carboxylic acid groups (broad SMARTS) is 1. The smallest absolute Gasteiger partial charge is 0.303 e. The highest BCUT2D eigenvalue weighted by atomic mass is 16.5. The third-order valence-corrected chi connectivity index (χ3v) is 4.57. The Bertz CT molecular complexity index is 577. The summed E-state index contributed by atoms with van der Waals surface area (Å²) >= 11 is 0. The molecule has 4 N–H and O–H groups in total. The first kappa shape index (κ1) is 16.7. The fraction of sp³-hybridized carbons (Fsp3) is 0.500. The quantitative estimate of drug-likeness (QED) is 0.561. The highest BCUT2D eigenvalue weighted by Gasteiger charge is 2.41. The Hall–Kier alpha value is -2.16. The number of likely N-dealkylation sites (tertiary alicyclic amines) is 1. The fourth-order valence-corrected chi connectivity index (χ4v) is 3.36. The van der Waals surface area contributed by atoms with E-state index in [1.165, 1.54) is 0 Å². The first-order valence-corrected chi connectivity index (χ1v) is 8.04. The van der Waals surface area contributed by atoms with Crippen molar-refractivity contribution in [2.24, 2.45) is 11.8 Å². The normalized spacial score (nSPS) is 26.5. The number of carbonyl (C=O) groups is 2. The van der Waals surface area contributed by atoms with Crippen LogP contribution in [0.4, 0.5) is 0 Å². The van der Waals surface area contributed by atoms with Gasteiger partial charge in [0.2, 0.25) is 0 Å². The van der Waals surface area contributed by atoms with Crippen LogP contribution in [-0.4, -0.2) is 54.2 Å². The number of nitrogens with zero attached hydrogens (tertiary/aromatic N) is 1. The zero-order valence-corrected chi connectivity index (χ0v) is 13.3. The number of nitrogens with one attached hydrogen (secondary N) is 3. The lowest BCUT2D eigenvalue weighted by Crippen LogP contribution is -2.41. The van der Waals surface area contributed by atoms with Gasteiger partial charge < -0.3 is 14.7 Å². The number of para-hydroxylation sites is 1. The van der Waals surface area contributed by atoms with E-state index < -0.39 is 5.97 Å². The van der Waals surface area contributed by atoms with Crippen molar-refractivity contribution in [1.29, 1.82) is 0 Å². The topological polar surface area (TPSA) is 103 Å². The first-order valence-electron chi connectivity index (χ1n) is 8.04. The average molecular weight is 334 g/mol. The number of carboxylic acids is 1. The molecule has 2 saturated heterocycles. The molecule has 2 fully saturated rings. The Kier molecular flexibility index (Phi) is 5.29. The predicted octanol–water partition coefficient (Wildman–Crippen LogP) is -0.404. The lowest BCUT2D eigenvalue weighted by Gasteiger charge is -2.22. The van der Waals surface area contributed by atoms with Crippen molar-refractivity contribution in [2.75, 3.05) is 26.2 Å². The predicted molar refractivity (Wildman–Crippen MR) is 85.8 cm³/mol. The molecule has 1 aromatic carbocycles. The van der Waals surface area contributed by atoms with E-state index in [0.717, 1.165) is 0 Å². The first-order chi connectivity index (χ1) is 11.6. The van der Waals surface area contributed by atoms with Crippen LogP contribution in [0.1, 0.15) is 6.42 Å². The molecule has 0 saturated carbocycles. The Morgan fingerprint density at radius 1 is 1.25 bits per heavy atom. The maximum atomic E-state index is 12.4. The zero-order valence-electron chi connectivity index (χ0n) is 13.3. The molecular formula is C16H22N4O4. The molecule has 2 aliphatic heterocycles. The zero-order chi connectivity index (χ0) is 16.9. The Morgan fingerprint density at radius 2 is 2.04 bits per heavy atom. The lowest BCUT2D eigenvalue weighted by molar-refractivity contribution is -0.139. The molecule has 2 heterocycles. The van der Waals surface area contributed by atoms with Crippen LogP contribution in [0.2, 0.25) is 0 Å². The summed E-state index contributed by atoms with van der Waals surface area (Å²) < 4.78 is 5.51. The standard InChI is InChI=1S/C16H22N4O4/c21-15(10-24-12-4-2-1-3-5-12)20-8-11(6-16(22)23)13(9-20)14-7-17-19-18-14/h1-5,11,13-14,17-19H,6-10H2,(H,22,23)/t11-,13+,14?/m1/s1. The maximum Gasteiger partial charge on any atom is 0.303 e. The number of hydrogen-bond acceptors (Lipinski definition) is 6. The molecule has 0 spiro atoms. The molecule has 1 amide bonds. The van der Waals surface area contributed by atoms with Crippen molar-refractivity contribution < 1.29 is 19.4 Å². The van der Waals surface area contributed by atoms with Gasteiger partial charge in [-0.2, -0.15) is 5.53 Å². The molecule has 0 aliphatic carbocycles. The van der Waals surface area contributed by atoms with Crippen molar-refractivity contribution in [3.63, 3.8) is 0 Å².